The molecule has 1 fully saturated rings. The number of methoxy groups -OCH3 is 2. The molecule has 0 radical (unpaired) electrons. The Labute approximate surface area is 238 Å². The van der Waals surface area contributed by atoms with Crippen molar-refractivity contribution in [3.8, 4) is 11.6 Å². The molecule has 2 aromatic rings. The van der Waals surface area contributed by atoms with Gasteiger partial charge in [0.2, 0.25) is 5.88 Å². The zero-order chi connectivity index (χ0) is 30.0. The number of pyridine rings is 1. The normalized spacial score (nSPS) is 21.4. The Morgan fingerprint density at radius 1 is 1.07 bits per heavy atom. The predicted octanol–water partition coefficient (Wildman–Crippen LogP) is 5.57. The number of rotatable bonds is 8. The largest absolute Gasteiger partial charge is 0.496 e. The Morgan fingerprint density at radius 2 is 1.75 bits per heavy atom. The number of hydrogen-bond donors (Lipinski definition) is 2. The van der Waals surface area contributed by atoms with Crippen molar-refractivity contribution < 1.29 is 28.9 Å². The van der Waals surface area contributed by atoms with Gasteiger partial charge in [-0.05, 0) is 48.4 Å². The predicted molar refractivity (Wildman–Crippen MR) is 154 cm³/mol. The molecule has 1 saturated heterocycles. The van der Waals surface area contributed by atoms with Gasteiger partial charge in [0.25, 0.3) is 0 Å². The third-order valence-electron chi connectivity index (χ3n) is 7.45. The van der Waals surface area contributed by atoms with E-state index >= 15 is 0 Å². The lowest BCUT2D eigenvalue weighted by Crippen LogP contribution is -2.48. The maximum atomic E-state index is 13.6. The molecule has 0 bridgehead atoms. The molecule has 4 atom stereocenters. The number of hydrogen-bond acceptors (Lipinski definition) is 7. The number of carboxylic acid groups (broad SMARTS) is 1. The minimum Gasteiger partial charge on any atom is -0.496 e. The van der Waals surface area contributed by atoms with E-state index in [9.17, 15) is 14.7 Å². The lowest BCUT2D eigenvalue weighted by molar-refractivity contribution is -0.144. The molecule has 2 heterocycles. The number of carbonyl (C=O) groups excluding carboxylic acids is 1. The van der Waals surface area contributed by atoms with Crippen LogP contribution in [0.2, 0.25) is 0 Å². The van der Waals surface area contributed by atoms with Crippen molar-refractivity contribution in [2.24, 2.45) is 11.3 Å². The van der Waals surface area contributed by atoms with Crippen molar-refractivity contribution in [1.82, 2.24) is 15.2 Å². The zero-order valence-electron chi connectivity index (χ0n) is 25.4. The summed E-state index contributed by atoms with van der Waals surface area (Å²) in [5.41, 5.74) is 2.13. The van der Waals surface area contributed by atoms with Gasteiger partial charge in [-0.3, -0.25) is 4.90 Å². The first-order valence-corrected chi connectivity index (χ1v) is 13.7. The fourth-order valence-corrected chi connectivity index (χ4v) is 5.68. The maximum Gasteiger partial charge on any atom is 0.411 e. The highest BCUT2D eigenvalue weighted by atomic mass is 16.6. The minimum absolute atomic E-state index is 0.0697. The number of amides is 1. The van der Waals surface area contributed by atoms with Crippen LogP contribution in [0.5, 0.6) is 11.6 Å². The van der Waals surface area contributed by atoms with Crippen LogP contribution >= 0.6 is 0 Å². The molecule has 9 nitrogen and oxygen atoms in total. The van der Waals surface area contributed by atoms with Crippen LogP contribution in [0.3, 0.4) is 0 Å². The highest BCUT2D eigenvalue weighted by Gasteiger charge is 2.59. The van der Waals surface area contributed by atoms with E-state index in [2.05, 4.69) is 43.2 Å². The van der Waals surface area contributed by atoms with Gasteiger partial charge in [0.1, 0.15) is 11.8 Å². The number of likely N-dealkylation sites (tertiary alicyclic amines) is 1. The molecule has 3 rings (SSSR count). The van der Waals surface area contributed by atoms with E-state index in [1.807, 2.05) is 32.9 Å². The highest BCUT2D eigenvalue weighted by molar-refractivity contribution is 5.82. The lowest BCUT2D eigenvalue weighted by atomic mass is 9.72. The Hall–Kier alpha value is -3.33. The fraction of sp³-hybridized carbons (Fsp3) is 0.581. The Bertz CT molecular complexity index is 1200. The molecule has 1 aliphatic rings. The lowest BCUT2D eigenvalue weighted by Gasteiger charge is -2.35. The molecule has 1 aliphatic heterocycles. The van der Waals surface area contributed by atoms with E-state index in [-0.39, 0.29) is 5.41 Å². The van der Waals surface area contributed by atoms with E-state index < -0.39 is 47.6 Å². The first-order chi connectivity index (χ1) is 18.6. The number of aliphatic carboxylic acids is 1. The highest BCUT2D eigenvalue weighted by Crippen LogP contribution is 2.50. The number of nitrogens with one attached hydrogen (secondary N) is 1. The fourth-order valence-electron chi connectivity index (χ4n) is 5.68. The van der Waals surface area contributed by atoms with Gasteiger partial charge in [0, 0.05) is 35.8 Å². The molecule has 220 valence electrons. The SMILES string of the molecule is COc1ccc(C(C)(C)C)cc1CN[C@H]1[C@H](C(C)(C)C)[C@@H](C(=O)O)N(C(=O)OC(C)C)[C@H]1c1cccnc1OC. The van der Waals surface area contributed by atoms with Crippen molar-refractivity contribution in [3.63, 3.8) is 0 Å². The number of ether oxygens (including phenoxy) is 3. The molecule has 0 unspecified atom stereocenters. The molecule has 0 aliphatic carbocycles. The summed E-state index contributed by atoms with van der Waals surface area (Å²) < 4.78 is 16.9. The number of benzene rings is 1. The first kappa shape index (κ1) is 31.2. The Kier molecular flexibility index (Phi) is 9.39. The molecule has 2 N–H and O–H groups in total. The number of nitrogens with zero attached hydrogens (tertiary/aromatic N) is 2. The molecular formula is C31H45N3O6. The van der Waals surface area contributed by atoms with Gasteiger partial charge in [-0.15, -0.1) is 0 Å². The van der Waals surface area contributed by atoms with Crippen LogP contribution in [-0.2, 0) is 21.5 Å². The second-order valence-electron chi connectivity index (χ2n) is 12.7. The van der Waals surface area contributed by atoms with E-state index in [0.717, 1.165) is 16.9 Å². The van der Waals surface area contributed by atoms with Crippen molar-refractivity contribution in [3.05, 3.63) is 53.2 Å². The molecule has 1 amide bonds. The van der Waals surface area contributed by atoms with Crippen molar-refractivity contribution in [1.29, 1.82) is 0 Å². The molecular weight excluding hydrogens is 510 g/mol. The van der Waals surface area contributed by atoms with Crippen LogP contribution in [0.15, 0.2) is 36.5 Å². The quantitative estimate of drug-likeness (QED) is 0.435. The first-order valence-electron chi connectivity index (χ1n) is 13.7. The average molecular weight is 556 g/mol. The molecule has 40 heavy (non-hydrogen) atoms. The van der Waals surface area contributed by atoms with Gasteiger partial charge >= 0.3 is 12.1 Å². The van der Waals surface area contributed by atoms with Gasteiger partial charge in [0.05, 0.1) is 26.4 Å². The molecule has 0 spiro atoms. The summed E-state index contributed by atoms with van der Waals surface area (Å²) in [6.45, 7) is 16.3. The van der Waals surface area contributed by atoms with Gasteiger partial charge < -0.3 is 24.6 Å². The van der Waals surface area contributed by atoms with Crippen LogP contribution in [0.1, 0.15) is 78.1 Å². The topological polar surface area (TPSA) is 110 Å². The van der Waals surface area contributed by atoms with Gasteiger partial charge in [-0.2, -0.15) is 0 Å². The summed E-state index contributed by atoms with van der Waals surface area (Å²) in [6, 6.07) is 7.36. The number of aromatic nitrogens is 1. The summed E-state index contributed by atoms with van der Waals surface area (Å²) in [6.07, 6.45) is 0.488. The van der Waals surface area contributed by atoms with Crippen molar-refractivity contribution in [2.45, 2.75) is 91.6 Å². The van der Waals surface area contributed by atoms with Crippen LogP contribution < -0.4 is 14.8 Å². The number of carboxylic acids is 1. The number of carbonyl (C=O) groups is 2. The summed E-state index contributed by atoms with van der Waals surface area (Å²) in [5.74, 6) is -0.527. The Balaban J connectivity index is 2.21. The summed E-state index contributed by atoms with van der Waals surface area (Å²) in [7, 11) is 3.15. The Morgan fingerprint density at radius 3 is 2.27 bits per heavy atom. The third-order valence-corrected chi connectivity index (χ3v) is 7.45. The standard InChI is InChI=1S/C31H45N3O6/c1-18(2)40-29(37)34-25(21-12-11-15-32-27(21)39-10)24(23(31(6,7)8)26(34)28(35)36)33-17-19-16-20(30(3,4)5)13-14-22(19)38-9/h11-16,18,23-26,33H,17H2,1-10H3,(H,35,36)/t23-,24-,25-,26-/m0/s1. The second kappa shape index (κ2) is 12.0. The molecule has 1 aromatic heterocycles. The van der Waals surface area contributed by atoms with Gasteiger partial charge in [0.15, 0.2) is 0 Å². The monoisotopic (exact) mass is 555 g/mol. The van der Waals surface area contributed by atoms with Crippen LogP contribution in [-0.4, -0.2) is 59.5 Å². The summed E-state index contributed by atoms with van der Waals surface area (Å²) >= 11 is 0. The molecule has 9 heteroatoms. The maximum absolute atomic E-state index is 13.6. The summed E-state index contributed by atoms with van der Waals surface area (Å²) in [4.78, 5) is 32.3. The average Bonchev–Trinajstić information content (AvgIpc) is 3.22. The molecule has 1 aromatic carbocycles. The van der Waals surface area contributed by atoms with Crippen LogP contribution in [0.25, 0.3) is 0 Å². The van der Waals surface area contributed by atoms with E-state index in [1.165, 1.54) is 12.0 Å². The smallest absolute Gasteiger partial charge is 0.411 e. The van der Waals surface area contributed by atoms with Crippen molar-refractivity contribution in [2.75, 3.05) is 14.2 Å². The van der Waals surface area contributed by atoms with Crippen LogP contribution in [0, 0.1) is 11.3 Å². The molecule has 0 saturated carbocycles. The van der Waals surface area contributed by atoms with E-state index in [1.54, 1.807) is 33.2 Å². The van der Waals surface area contributed by atoms with E-state index in [0.29, 0.717) is 18.0 Å². The van der Waals surface area contributed by atoms with Crippen molar-refractivity contribution >= 4 is 12.1 Å². The van der Waals surface area contributed by atoms with Crippen LogP contribution in [0.4, 0.5) is 4.79 Å². The zero-order valence-corrected chi connectivity index (χ0v) is 25.4. The minimum atomic E-state index is -1.15. The van der Waals surface area contributed by atoms with Gasteiger partial charge in [-0.25, -0.2) is 14.6 Å². The van der Waals surface area contributed by atoms with Gasteiger partial charge in [-0.1, -0.05) is 53.7 Å². The van der Waals surface area contributed by atoms with E-state index in [4.69, 9.17) is 14.2 Å². The second-order valence-corrected chi connectivity index (χ2v) is 12.7. The summed E-state index contributed by atoms with van der Waals surface area (Å²) in [5, 5.41) is 14.2. The third kappa shape index (κ3) is 6.52.